The molecule has 0 bridgehead atoms. The number of carbonyl (C=O) groups is 2. The molecule has 1 aliphatic rings. The Kier molecular flexibility index (Phi) is 4.78. The second kappa shape index (κ2) is 6.39. The Balaban J connectivity index is 2.33. The number of ketones is 1. The Morgan fingerprint density at radius 1 is 1.33 bits per heavy atom. The Morgan fingerprint density at radius 2 is 2.10 bits per heavy atom. The van der Waals surface area contributed by atoms with Crippen molar-refractivity contribution >= 4 is 11.8 Å². The monoisotopic (exact) mass is 290 g/mol. The molecule has 4 nitrogen and oxygen atoms in total. The highest BCUT2D eigenvalue weighted by molar-refractivity contribution is 6.04. The molecule has 1 aromatic carbocycles. The van der Waals surface area contributed by atoms with Crippen molar-refractivity contribution in [1.29, 1.82) is 0 Å². The summed E-state index contributed by atoms with van der Waals surface area (Å²) >= 11 is 0. The molecule has 1 heterocycles. The van der Waals surface area contributed by atoms with Crippen LogP contribution in [0.25, 0.3) is 0 Å². The smallest absolute Gasteiger partial charge is 0.322 e. The Morgan fingerprint density at radius 3 is 2.71 bits per heavy atom. The molecule has 114 valence electrons. The summed E-state index contributed by atoms with van der Waals surface area (Å²) in [5.41, 5.74) is 2.12. The second-order valence-corrected chi connectivity index (χ2v) is 5.62. The van der Waals surface area contributed by atoms with E-state index < -0.39 is 11.4 Å². The van der Waals surface area contributed by atoms with Crippen LogP contribution in [-0.2, 0) is 25.5 Å². The minimum absolute atomic E-state index is 0.0783. The molecule has 21 heavy (non-hydrogen) atoms. The van der Waals surface area contributed by atoms with Gasteiger partial charge in [0.1, 0.15) is 0 Å². The van der Waals surface area contributed by atoms with Gasteiger partial charge in [-0.1, -0.05) is 18.2 Å². The molecule has 2 rings (SSSR count). The zero-order valence-corrected chi connectivity index (χ0v) is 12.9. The highest BCUT2D eigenvalue weighted by Gasteiger charge is 2.49. The van der Waals surface area contributed by atoms with Crippen molar-refractivity contribution in [2.75, 3.05) is 19.8 Å². The van der Waals surface area contributed by atoms with Gasteiger partial charge in [0, 0.05) is 6.42 Å². The normalized spacial score (nSPS) is 22.1. The molecule has 0 spiro atoms. The van der Waals surface area contributed by atoms with E-state index >= 15 is 0 Å². The van der Waals surface area contributed by atoms with E-state index in [-0.39, 0.29) is 25.4 Å². The molecular formula is C17H22O4. The van der Waals surface area contributed by atoms with Gasteiger partial charge in [0.15, 0.2) is 11.2 Å². The maximum Gasteiger partial charge on any atom is 0.322 e. The fourth-order valence-corrected chi connectivity index (χ4v) is 2.66. The van der Waals surface area contributed by atoms with Crippen LogP contribution in [0.15, 0.2) is 18.2 Å². The molecule has 0 aromatic heterocycles. The van der Waals surface area contributed by atoms with Crippen LogP contribution in [0.2, 0.25) is 0 Å². The van der Waals surface area contributed by atoms with Crippen LogP contribution < -0.4 is 0 Å². The summed E-state index contributed by atoms with van der Waals surface area (Å²) in [6, 6.07) is 6.00. The van der Waals surface area contributed by atoms with Crippen molar-refractivity contribution in [1.82, 2.24) is 0 Å². The van der Waals surface area contributed by atoms with Crippen LogP contribution in [0.1, 0.15) is 30.0 Å². The molecule has 0 amide bonds. The minimum Gasteiger partial charge on any atom is -0.465 e. The average molecular weight is 290 g/mol. The number of aryl methyl sites for hydroxylation is 2. The van der Waals surface area contributed by atoms with Crippen LogP contribution in [0.5, 0.6) is 0 Å². The Hall–Kier alpha value is -1.68. The zero-order chi connectivity index (χ0) is 15.5. The first kappa shape index (κ1) is 15.7. The number of rotatable bonds is 4. The van der Waals surface area contributed by atoms with Crippen LogP contribution in [0.3, 0.4) is 0 Å². The van der Waals surface area contributed by atoms with Crippen molar-refractivity contribution in [3.05, 3.63) is 34.9 Å². The van der Waals surface area contributed by atoms with Gasteiger partial charge in [-0.2, -0.15) is 0 Å². The van der Waals surface area contributed by atoms with E-state index in [1.165, 1.54) is 5.56 Å². The second-order valence-electron chi connectivity index (χ2n) is 5.62. The number of hydrogen-bond acceptors (Lipinski definition) is 4. The molecule has 1 aliphatic heterocycles. The maximum atomic E-state index is 12.4. The quantitative estimate of drug-likeness (QED) is 0.631. The van der Waals surface area contributed by atoms with Gasteiger partial charge >= 0.3 is 5.97 Å². The number of hydrogen-bond donors (Lipinski definition) is 0. The molecule has 0 saturated carbocycles. The van der Waals surface area contributed by atoms with Crippen LogP contribution in [0.4, 0.5) is 0 Å². The number of esters is 1. The Bertz CT molecular complexity index is 550. The van der Waals surface area contributed by atoms with Crippen LogP contribution in [0, 0.1) is 19.3 Å². The summed E-state index contributed by atoms with van der Waals surface area (Å²) in [6.45, 7) is 6.56. The number of benzene rings is 1. The topological polar surface area (TPSA) is 52.6 Å². The minimum atomic E-state index is -1.18. The number of ether oxygens (including phenoxy) is 2. The van der Waals surface area contributed by atoms with Crippen LogP contribution >= 0.6 is 0 Å². The van der Waals surface area contributed by atoms with E-state index in [4.69, 9.17) is 9.47 Å². The van der Waals surface area contributed by atoms with Gasteiger partial charge in [-0.25, -0.2) is 0 Å². The number of Topliss-reactive ketones (excluding diaryl/α,β-unsaturated/α-hetero) is 1. The third kappa shape index (κ3) is 3.16. The largest absolute Gasteiger partial charge is 0.465 e. The van der Waals surface area contributed by atoms with E-state index in [0.717, 1.165) is 11.1 Å². The van der Waals surface area contributed by atoms with Crippen LogP contribution in [-0.4, -0.2) is 31.6 Å². The van der Waals surface area contributed by atoms with Gasteiger partial charge in [0.05, 0.1) is 19.8 Å². The van der Waals surface area contributed by atoms with E-state index in [1.54, 1.807) is 6.92 Å². The van der Waals surface area contributed by atoms with Crippen molar-refractivity contribution in [2.45, 2.75) is 33.6 Å². The lowest BCUT2D eigenvalue weighted by molar-refractivity contribution is -0.169. The maximum absolute atomic E-state index is 12.4. The van der Waals surface area contributed by atoms with Gasteiger partial charge < -0.3 is 9.47 Å². The molecule has 1 atom stereocenters. The van der Waals surface area contributed by atoms with Gasteiger partial charge in [-0.05, 0) is 43.9 Å². The van der Waals surface area contributed by atoms with Crippen molar-refractivity contribution in [3.63, 3.8) is 0 Å². The van der Waals surface area contributed by atoms with Gasteiger partial charge in [-0.15, -0.1) is 0 Å². The fourth-order valence-electron chi connectivity index (χ4n) is 2.66. The summed E-state index contributed by atoms with van der Waals surface area (Å²) in [5, 5.41) is 0. The molecule has 1 saturated heterocycles. The predicted molar refractivity (Wildman–Crippen MR) is 79.1 cm³/mol. The standard InChI is InChI=1S/C17H22O4/c1-4-21-16(19)17(11-20-8-7-15(17)18)10-14-6-5-12(2)13(3)9-14/h5-6,9H,4,7-8,10-11H2,1-3H3. The molecule has 0 aliphatic carbocycles. The predicted octanol–water partition coefficient (Wildman–Crippen LogP) is 2.38. The third-order valence-electron chi connectivity index (χ3n) is 4.10. The lowest BCUT2D eigenvalue weighted by Gasteiger charge is -2.33. The van der Waals surface area contributed by atoms with Gasteiger partial charge in [-0.3, -0.25) is 9.59 Å². The van der Waals surface area contributed by atoms with E-state index in [0.29, 0.717) is 13.0 Å². The highest BCUT2D eigenvalue weighted by atomic mass is 16.5. The molecule has 0 radical (unpaired) electrons. The molecular weight excluding hydrogens is 268 g/mol. The summed E-state index contributed by atoms with van der Waals surface area (Å²) in [6.07, 6.45) is 0.607. The van der Waals surface area contributed by atoms with E-state index in [2.05, 4.69) is 0 Å². The summed E-state index contributed by atoms with van der Waals surface area (Å²) in [5.74, 6) is -0.543. The molecule has 0 N–H and O–H groups in total. The molecule has 4 heteroatoms. The third-order valence-corrected chi connectivity index (χ3v) is 4.10. The first-order chi connectivity index (χ1) is 9.99. The summed E-state index contributed by atoms with van der Waals surface area (Å²) in [4.78, 5) is 24.8. The van der Waals surface area contributed by atoms with Gasteiger partial charge in [0.25, 0.3) is 0 Å². The summed E-state index contributed by atoms with van der Waals surface area (Å²) in [7, 11) is 0. The number of carbonyl (C=O) groups excluding carboxylic acids is 2. The fraction of sp³-hybridized carbons (Fsp3) is 0.529. The lowest BCUT2D eigenvalue weighted by atomic mass is 9.76. The van der Waals surface area contributed by atoms with E-state index in [9.17, 15) is 9.59 Å². The zero-order valence-electron chi connectivity index (χ0n) is 12.9. The van der Waals surface area contributed by atoms with Crippen molar-refractivity contribution in [3.8, 4) is 0 Å². The van der Waals surface area contributed by atoms with Crippen molar-refractivity contribution in [2.24, 2.45) is 5.41 Å². The lowest BCUT2D eigenvalue weighted by Crippen LogP contribution is -2.49. The Labute approximate surface area is 125 Å². The molecule has 1 aromatic rings. The molecule has 1 fully saturated rings. The van der Waals surface area contributed by atoms with E-state index in [1.807, 2.05) is 32.0 Å². The SMILES string of the molecule is CCOC(=O)C1(Cc2ccc(C)c(C)c2)COCCC1=O. The first-order valence-electron chi connectivity index (χ1n) is 7.34. The van der Waals surface area contributed by atoms with Gasteiger partial charge in [0.2, 0.25) is 0 Å². The first-order valence-corrected chi connectivity index (χ1v) is 7.34. The molecule has 1 unspecified atom stereocenters. The van der Waals surface area contributed by atoms with Crippen molar-refractivity contribution < 1.29 is 19.1 Å². The highest BCUT2D eigenvalue weighted by Crippen LogP contribution is 2.32. The average Bonchev–Trinajstić information content (AvgIpc) is 2.45. The summed E-state index contributed by atoms with van der Waals surface area (Å²) < 4.78 is 10.6.